The van der Waals surface area contributed by atoms with Gasteiger partial charge in [0.1, 0.15) is 0 Å². The molecule has 2 aliphatic rings. The number of aryl methyl sites for hydroxylation is 2. The van der Waals surface area contributed by atoms with E-state index in [2.05, 4.69) is 19.1 Å². The predicted molar refractivity (Wildman–Crippen MR) is 120 cm³/mol. The summed E-state index contributed by atoms with van der Waals surface area (Å²) in [7, 11) is 0. The van der Waals surface area contributed by atoms with Gasteiger partial charge in [-0.3, -0.25) is 4.79 Å². The molecule has 0 N–H and O–H groups in total. The van der Waals surface area contributed by atoms with Crippen LogP contribution in [0.4, 0.5) is 8.78 Å². The fraction of sp³-hybridized carbons (Fsp3) is 0.444. The zero-order chi connectivity index (χ0) is 21.9. The van der Waals surface area contributed by atoms with Crippen molar-refractivity contribution in [3.05, 3.63) is 75.9 Å². The van der Waals surface area contributed by atoms with Gasteiger partial charge in [-0.2, -0.15) is 0 Å². The fourth-order valence-electron chi connectivity index (χ4n) is 4.36. The van der Waals surface area contributed by atoms with Crippen LogP contribution in [-0.4, -0.2) is 5.78 Å². The molecular formula is C27H32F2O. The number of Topliss-reactive ketones (excluding diaryl/α,β-unsaturated/α-hetero) is 1. The minimum atomic E-state index is -2.72. The van der Waals surface area contributed by atoms with Gasteiger partial charge >= 0.3 is 0 Å². The largest absolute Gasteiger partial charge is 0.295 e. The van der Waals surface area contributed by atoms with Crippen molar-refractivity contribution >= 4 is 11.4 Å². The van der Waals surface area contributed by atoms with Crippen molar-refractivity contribution in [2.45, 2.75) is 72.1 Å². The Labute approximate surface area is 179 Å². The molecule has 0 spiro atoms. The number of fused-ring (bicyclic) bond motifs is 2. The van der Waals surface area contributed by atoms with Gasteiger partial charge in [0, 0.05) is 18.1 Å². The Bertz CT molecular complexity index is 932. The standard InChI is InChI=1S/C17H20O.C10H12F2/c1-11-3-4-13-5-6-14-7-8-15(12(2)18)10-17(14)16(13)9-11;1-3-8-4-6-9(7-5-8)10(2,11)12/h7-8,10-11H,3-6,9H2,1-2H3;4-7H,3H2,1-2H3. The molecule has 30 heavy (non-hydrogen) atoms. The van der Waals surface area contributed by atoms with E-state index in [4.69, 9.17) is 0 Å². The lowest BCUT2D eigenvalue weighted by Crippen LogP contribution is -2.14. The number of benzene rings is 2. The van der Waals surface area contributed by atoms with Crippen LogP contribution in [-0.2, 0) is 18.8 Å². The third-order valence-electron chi connectivity index (χ3n) is 6.32. The van der Waals surface area contributed by atoms with Gasteiger partial charge in [-0.05, 0) is 79.7 Å². The monoisotopic (exact) mass is 410 g/mol. The molecule has 0 fully saturated rings. The highest BCUT2D eigenvalue weighted by molar-refractivity contribution is 5.95. The van der Waals surface area contributed by atoms with E-state index in [0.717, 1.165) is 36.8 Å². The molecule has 2 aromatic rings. The first kappa shape index (κ1) is 22.4. The van der Waals surface area contributed by atoms with E-state index < -0.39 is 5.92 Å². The number of carbonyl (C=O) groups excluding carboxylic acids is 1. The Morgan fingerprint density at radius 3 is 2.37 bits per heavy atom. The van der Waals surface area contributed by atoms with Crippen molar-refractivity contribution < 1.29 is 13.6 Å². The van der Waals surface area contributed by atoms with Gasteiger partial charge in [0.05, 0.1) is 0 Å². The number of hydrogen-bond donors (Lipinski definition) is 0. The second-order valence-electron chi connectivity index (χ2n) is 8.80. The van der Waals surface area contributed by atoms with Crippen molar-refractivity contribution in [1.29, 1.82) is 0 Å². The summed E-state index contributed by atoms with van der Waals surface area (Å²) in [6, 6.07) is 12.7. The van der Waals surface area contributed by atoms with E-state index in [1.807, 2.05) is 13.0 Å². The zero-order valence-electron chi connectivity index (χ0n) is 18.5. The summed E-state index contributed by atoms with van der Waals surface area (Å²) in [4.78, 5) is 11.5. The van der Waals surface area contributed by atoms with E-state index in [1.165, 1.54) is 48.9 Å². The van der Waals surface area contributed by atoms with Gasteiger partial charge in [0.15, 0.2) is 5.78 Å². The van der Waals surface area contributed by atoms with Crippen LogP contribution in [0.1, 0.15) is 86.0 Å². The van der Waals surface area contributed by atoms with Crippen molar-refractivity contribution in [2.75, 3.05) is 0 Å². The van der Waals surface area contributed by atoms with E-state index in [1.54, 1.807) is 30.2 Å². The highest BCUT2D eigenvalue weighted by atomic mass is 19.3. The maximum Gasteiger partial charge on any atom is 0.270 e. The number of allylic oxidation sites excluding steroid dienone is 2. The molecule has 160 valence electrons. The van der Waals surface area contributed by atoms with Crippen molar-refractivity contribution in [3.8, 4) is 0 Å². The van der Waals surface area contributed by atoms with Gasteiger partial charge in [0.25, 0.3) is 5.92 Å². The summed E-state index contributed by atoms with van der Waals surface area (Å²) < 4.78 is 25.4. The van der Waals surface area contributed by atoms with E-state index in [-0.39, 0.29) is 11.3 Å². The lowest BCUT2D eigenvalue weighted by atomic mass is 9.75. The molecule has 4 rings (SSSR count). The van der Waals surface area contributed by atoms with Crippen LogP contribution in [0.25, 0.3) is 5.57 Å². The molecular weight excluding hydrogens is 378 g/mol. The second kappa shape index (κ2) is 9.24. The Morgan fingerprint density at radius 1 is 1.07 bits per heavy atom. The summed E-state index contributed by atoms with van der Waals surface area (Å²) in [5, 5.41) is 0. The first-order valence-electron chi connectivity index (χ1n) is 11.0. The van der Waals surface area contributed by atoms with E-state index in [9.17, 15) is 13.6 Å². The molecule has 0 radical (unpaired) electrons. The van der Waals surface area contributed by atoms with Crippen LogP contribution in [0.2, 0.25) is 0 Å². The summed E-state index contributed by atoms with van der Waals surface area (Å²) >= 11 is 0. The van der Waals surface area contributed by atoms with Crippen molar-refractivity contribution in [1.82, 2.24) is 0 Å². The van der Waals surface area contributed by atoms with Crippen molar-refractivity contribution in [3.63, 3.8) is 0 Å². The number of carbonyl (C=O) groups is 1. The molecule has 1 nitrogen and oxygen atoms in total. The molecule has 0 aromatic heterocycles. The molecule has 3 heteroatoms. The van der Waals surface area contributed by atoms with Gasteiger partial charge in [-0.25, -0.2) is 8.78 Å². The molecule has 0 saturated heterocycles. The molecule has 0 heterocycles. The minimum absolute atomic E-state index is 0.0831. The van der Waals surface area contributed by atoms with E-state index in [0.29, 0.717) is 0 Å². The fourth-order valence-corrected chi connectivity index (χ4v) is 4.36. The summed E-state index contributed by atoms with van der Waals surface area (Å²) in [5.74, 6) is -1.75. The Morgan fingerprint density at radius 2 is 1.77 bits per heavy atom. The van der Waals surface area contributed by atoms with Gasteiger partial charge in [-0.15, -0.1) is 0 Å². The molecule has 0 aliphatic heterocycles. The van der Waals surface area contributed by atoms with Crippen LogP contribution in [0.15, 0.2) is 48.0 Å². The molecule has 2 aromatic carbocycles. The minimum Gasteiger partial charge on any atom is -0.295 e. The lowest BCUT2D eigenvalue weighted by molar-refractivity contribution is 0.0174. The topological polar surface area (TPSA) is 17.1 Å². The maximum absolute atomic E-state index is 12.7. The van der Waals surface area contributed by atoms with Gasteiger partial charge < -0.3 is 0 Å². The summed E-state index contributed by atoms with van der Waals surface area (Å²) in [5.41, 5.74) is 8.05. The second-order valence-corrected chi connectivity index (χ2v) is 8.80. The molecule has 0 bridgehead atoms. The van der Waals surface area contributed by atoms with Crippen molar-refractivity contribution in [2.24, 2.45) is 5.92 Å². The average Bonchev–Trinajstić information content (AvgIpc) is 2.73. The third-order valence-corrected chi connectivity index (χ3v) is 6.32. The van der Waals surface area contributed by atoms with Crippen LogP contribution in [0.3, 0.4) is 0 Å². The Kier molecular flexibility index (Phi) is 6.90. The molecule has 1 unspecified atom stereocenters. The normalized spacial score (nSPS) is 18.1. The van der Waals surface area contributed by atoms with Gasteiger partial charge in [-0.1, -0.05) is 55.8 Å². The molecule has 0 saturated carbocycles. The smallest absolute Gasteiger partial charge is 0.270 e. The molecule has 2 aliphatic carbocycles. The van der Waals surface area contributed by atoms with Crippen LogP contribution >= 0.6 is 0 Å². The lowest BCUT2D eigenvalue weighted by Gasteiger charge is -2.30. The number of alkyl halides is 2. The summed E-state index contributed by atoms with van der Waals surface area (Å²) in [6.45, 7) is 6.91. The molecule has 1 atom stereocenters. The number of hydrogen-bond acceptors (Lipinski definition) is 1. The van der Waals surface area contributed by atoms with Gasteiger partial charge in [0.2, 0.25) is 0 Å². The quantitative estimate of drug-likeness (QED) is 0.472. The summed E-state index contributed by atoms with van der Waals surface area (Å²) in [6.07, 6.45) is 7.06. The number of ketones is 1. The maximum atomic E-state index is 12.7. The van der Waals surface area contributed by atoms with Crippen LogP contribution in [0, 0.1) is 5.92 Å². The number of rotatable bonds is 3. The third kappa shape index (κ3) is 5.24. The Balaban J connectivity index is 0.000000187. The highest BCUT2D eigenvalue weighted by Crippen LogP contribution is 2.42. The van der Waals surface area contributed by atoms with Crippen LogP contribution in [0.5, 0.6) is 0 Å². The van der Waals surface area contributed by atoms with E-state index >= 15 is 0 Å². The predicted octanol–water partition coefficient (Wildman–Crippen LogP) is 7.77. The SMILES string of the molecule is CC(=O)c1ccc2c(c1)C1=C(CC2)CCC(C)C1.CCc1ccc(C(C)(F)F)cc1. The first-order valence-corrected chi connectivity index (χ1v) is 11.0. The Hall–Kier alpha value is -2.29. The molecule has 0 amide bonds. The average molecular weight is 411 g/mol. The highest BCUT2D eigenvalue weighted by Gasteiger charge is 2.25. The first-order chi connectivity index (χ1) is 14.2. The zero-order valence-corrected chi connectivity index (χ0v) is 18.5. The number of halogens is 2. The van der Waals surface area contributed by atoms with Crippen LogP contribution < -0.4 is 0 Å².